The molecule has 6 heteroatoms. The molecular weight excluding hydrogens is 282 g/mol. The molecule has 6 nitrogen and oxygen atoms in total. The molecule has 1 aromatic carbocycles. The van der Waals surface area contributed by atoms with Gasteiger partial charge in [-0.3, -0.25) is 9.59 Å². The van der Waals surface area contributed by atoms with Crippen molar-refractivity contribution < 1.29 is 14.3 Å². The van der Waals surface area contributed by atoms with Gasteiger partial charge in [0.05, 0.1) is 6.61 Å². The summed E-state index contributed by atoms with van der Waals surface area (Å²) in [7, 11) is 0. The van der Waals surface area contributed by atoms with Gasteiger partial charge in [0, 0.05) is 19.1 Å². The van der Waals surface area contributed by atoms with Crippen LogP contribution in [0, 0.1) is 0 Å². The van der Waals surface area contributed by atoms with Gasteiger partial charge >= 0.3 is 0 Å². The minimum atomic E-state index is -0.554. The lowest BCUT2D eigenvalue weighted by Gasteiger charge is -2.35. The van der Waals surface area contributed by atoms with E-state index in [1.807, 2.05) is 30.3 Å². The number of hydrogen-bond acceptors (Lipinski definition) is 4. The van der Waals surface area contributed by atoms with Gasteiger partial charge < -0.3 is 20.3 Å². The summed E-state index contributed by atoms with van der Waals surface area (Å²) in [6.07, 6.45) is 0.923. The third-order valence-corrected chi connectivity index (χ3v) is 4.10. The van der Waals surface area contributed by atoms with Crippen molar-refractivity contribution in [2.45, 2.75) is 25.0 Å². The van der Waals surface area contributed by atoms with Crippen LogP contribution in [0.1, 0.15) is 12.0 Å². The van der Waals surface area contributed by atoms with Crippen molar-refractivity contribution in [1.29, 1.82) is 0 Å². The van der Waals surface area contributed by atoms with Crippen LogP contribution in [0.15, 0.2) is 30.3 Å². The summed E-state index contributed by atoms with van der Waals surface area (Å²) in [4.78, 5) is 26.3. The van der Waals surface area contributed by atoms with Crippen LogP contribution in [0.5, 0.6) is 0 Å². The summed E-state index contributed by atoms with van der Waals surface area (Å²) >= 11 is 0. The number of morpholine rings is 1. The Balaban J connectivity index is 1.69. The topological polar surface area (TPSA) is 70.7 Å². The number of nitrogens with zero attached hydrogens (tertiary/aromatic N) is 1. The molecule has 0 radical (unpaired) electrons. The molecule has 0 spiro atoms. The molecule has 3 rings (SSSR count). The molecule has 2 fully saturated rings. The van der Waals surface area contributed by atoms with E-state index in [0.29, 0.717) is 6.54 Å². The van der Waals surface area contributed by atoms with Gasteiger partial charge in [-0.15, -0.1) is 0 Å². The highest BCUT2D eigenvalue weighted by atomic mass is 16.5. The molecule has 0 saturated carbocycles. The Morgan fingerprint density at radius 1 is 1.36 bits per heavy atom. The van der Waals surface area contributed by atoms with Crippen molar-refractivity contribution in [3.63, 3.8) is 0 Å². The fourth-order valence-corrected chi connectivity index (χ4v) is 2.88. The van der Waals surface area contributed by atoms with Gasteiger partial charge in [0.15, 0.2) is 0 Å². The second-order valence-electron chi connectivity index (χ2n) is 5.74. The molecule has 118 valence electrons. The highest BCUT2D eigenvalue weighted by Crippen LogP contribution is 2.14. The maximum Gasteiger partial charge on any atom is 0.249 e. The van der Waals surface area contributed by atoms with Crippen molar-refractivity contribution in [2.24, 2.45) is 0 Å². The third-order valence-electron chi connectivity index (χ3n) is 4.10. The molecule has 2 amide bonds. The molecule has 1 aromatic rings. The molecule has 2 aliphatic heterocycles. The Kier molecular flexibility index (Phi) is 4.70. The average molecular weight is 303 g/mol. The molecule has 2 heterocycles. The summed E-state index contributed by atoms with van der Waals surface area (Å²) in [6.45, 7) is 2.43. The number of benzene rings is 1. The Labute approximate surface area is 129 Å². The van der Waals surface area contributed by atoms with E-state index in [4.69, 9.17) is 4.74 Å². The van der Waals surface area contributed by atoms with Gasteiger partial charge in [-0.05, 0) is 18.5 Å². The lowest BCUT2D eigenvalue weighted by atomic mass is 10.1. The van der Waals surface area contributed by atoms with Crippen LogP contribution in [-0.2, 0) is 20.9 Å². The van der Waals surface area contributed by atoms with E-state index in [2.05, 4.69) is 10.6 Å². The number of hydrogen-bond donors (Lipinski definition) is 2. The molecule has 22 heavy (non-hydrogen) atoms. The van der Waals surface area contributed by atoms with Gasteiger partial charge in [-0.25, -0.2) is 0 Å². The Morgan fingerprint density at radius 3 is 2.91 bits per heavy atom. The molecule has 0 bridgehead atoms. The minimum Gasteiger partial charge on any atom is -0.369 e. The van der Waals surface area contributed by atoms with Crippen molar-refractivity contribution in [2.75, 3.05) is 26.3 Å². The van der Waals surface area contributed by atoms with Crippen molar-refractivity contribution in [1.82, 2.24) is 15.5 Å². The predicted octanol–water partition coefficient (Wildman–Crippen LogP) is -0.108. The van der Waals surface area contributed by atoms with Crippen LogP contribution >= 0.6 is 0 Å². The van der Waals surface area contributed by atoms with Crippen LogP contribution < -0.4 is 10.6 Å². The number of carbonyl (C=O) groups is 2. The molecular formula is C16H21N3O3. The van der Waals surface area contributed by atoms with Crippen molar-refractivity contribution >= 4 is 11.8 Å². The lowest BCUT2D eigenvalue weighted by Crippen LogP contribution is -2.57. The lowest BCUT2D eigenvalue weighted by molar-refractivity contribution is -0.155. The second kappa shape index (κ2) is 6.89. The standard InChI is InChI=1S/C16H21N3O3/c20-15-11-22-10-14(16(21)18-13-6-7-17-8-13)19(15)9-12-4-2-1-3-5-12/h1-5,13-14,17H,6-11H2,(H,18,21)/t13?,14-/m1/s1. The number of nitrogens with one attached hydrogen (secondary N) is 2. The van der Waals surface area contributed by atoms with Gasteiger partial charge in [-0.1, -0.05) is 30.3 Å². The van der Waals surface area contributed by atoms with E-state index in [1.165, 1.54) is 0 Å². The maximum absolute atomic E-state index is 12.5. The SMILES string of the molecule is O=C(NC1CCNC1)[C@H]1COCC(=O)N1Cc1ccccc1. The zero-order chi connectivity index (χ0) is 15.4. The minimum absolute atomic E-state index is 0.0433. The summed E-state index contributed by atoms with van der Waals surface area (Å²) in [6, 6.07) is 9.29. The van der Waals surface area contributed by atoms with E-state index in [0.717, 1.165) is 25.1 Å². The van der Waals surface area contributed by atoms with E-state index in [9.17, 15) is 9.59 Å². The van der Waals surface area contributed by atoms with E-state index in [1.54, 1.807) is 4.90 Å². The molecule has 1 unspecified atom stereocenters. The van der Waals surface area contributed by atoms with Crippen molar-refractivity contribution in [3.05, 3.63) is 35.9 Å². The first-order valence-corrected chi connectivity index (χ1v) is 7.66. The average Bonchev–Trinajstić information content (AvgIpc) is 3.03. The number of rotatable bonds is 4. The normalized spacial score (nSPS) is 25.3. The molecule has 0 aromatic heterocycles. The summed E-state index contributed by atoms with van der Waals surface area (Å²) in [5, 5.41) is 6.22. The summed E-state index contributed by atoms with van der Waals surface area (Å²) in [5.74, 6) is -0.266. The van der Waals surface area contributed by atoms with Crippen LogP contribution in [0.4, 0.5) is 0 Å². The fourth-order valence-electron chi connectivity index (χ4n) is 2.88. The van der Waals surface area contributed by atoms with Gasteiger partial charge in [0.1, 0.15) is 12.6 Å². The summed E-state index contributed by atoms with van der Waals surface area (Å²) < 4.78 is 5.28. The largest absolute Gasteiger partial charge is 0.369 e. The zero-order valence-corrected chi connectivity index (χ0v) is 12.5. The smallest absolute Gasteiger partial charge is 0.249 e. The van der Waals surface area contributed by atoms with E-state index >= 15 is 0 Å². The summed E-state index contributed by atoms with van der Waals surface area (Å²) in [5.41, 5.74) is 1.01. The highest BCUT2D eigenvalue weighted by molar-refractivity contribution is 5.89. The highest BCUT2D eigenvalue weighted by Gasteiger charge is 2.35. The fraction of sp³-hybridized carbons (Fsp3) is 0.500. The maximum atomic E-state index is 12.5. The first-order valence-electron chi connectivity index (χ1n) is 7.66. The van der Waals surface area contributed by atoms with Crippen LogP contribution in [0.2, 0.25) is 0 Å². The molecule has 2 atom stereocenters. The van der Waals surface area contributed by atoms with E-state index < -0.39 is 6.04 Å². The van der Waals surface area contributed by atoms with Gasteiger partial charge in [0.25, 0.3) is 0 Å². The third kappa shape index (κ3) is 3.45. The first kappa shape index (κ1) is 15.0. The quantitative estimate of drug-likeness (QED) is 0.814. The first-order chi connectivity index (χ1) is 10.7. The van der Waals surface area contributed by atoms with Gasteiger partial charge in [-0.2, -0.15) is 0 Å². The van der Waals surface area contributed by atoms with Crippen LogP contribution in [0.25, 0.3) is 0 Å². The Morgan fingerprint density at radius 2 is 2.18 bits per heavy atom. The monoisotopic (exact) mass is 303 g/mol. The molecule has 0 aliphatic carbocycles. The predicted molar refractivity (Wildman–Crippen MR) is 81.0 cm³/mol. The zero-order valence-electron chi connectivity index (χ0n) is 12.5. The molecule has 2 aliphatic rings. The molecule has 2 N–H and O–H groups in total. The molecule has 2 saturated heterocycles. The van der Waals surface area contributed by atoms with Gasteiger partial charge in [0.2, 0.25) is 11.8 Å². The van der Waals surface area contributed by atoms with Crippen LogP contribution in [0.3, 0.4) is 0 Å². The Hall–Kier alpha value is -1.92. The van der Waals surface area contributed by atoms with E-state index in [-0.39, 0.29) is 31.1 Å². The number of ether oxygens (including phenoxy) is 1. The number of amides is 2. The van der Waals surface area contributed by atoms with Crippen LogP contribution in [-0.4, -0.2) is 55.1 Å². The Bertz CT molecular complexity index is 529. The second-order valence-corrected chi connectivity index (χ2v) is 5.74. The van der Waals surface area contributed by atoms with Crippen molar-refractivity contribution in [3.8, 4) is 0 Å². The number of carbonyl (C=O) groups excluding carboxylic acids is 2.